The summed E-state index contributed by atoms with van der Waals surface area (Å²) in [4.78, 5) is 0. The molecule has 5 nitrogen and oxygen atoms in total. The molecule has 18 heavy (non-hydrogen) atoms. The highest BCUT2D eigenvalue weighted by Gasteiger charge is 2.14. The Kier molecular flexibility index (Phi) is 3.72. The molecule has 0 aliphatic rings. The monoisotopic (exact) mass is 248 g/mol. The van der Waals surface area contributed by atoms with E-state index < -0.39 is 0 Å². The van der Waals surface area contributed by atoms with Crippen LogP contribution in [0.15, 0.2) is 18.3 Å². The Morgan fingerprint density at radius 1 is 1.44 bits per heavy atom. The van der Waals surface area contributed by atoms with E-state index in [-0.39, 0.29) is 6.04 Å². The number of nitrogens with two attached hydrogens (primary N) is 1. The van der Waals surface area contributed by atoms with Crippen LogP contribution in [0.1, 0.15) is 13.8 Å². The summed E-state index contributed by atoms with van der Waals surface area (Å²) in [5, 5.41) is 11.4. The number of hydrogen-bond acceptors (Lipinski definition) is 4. The van der Waals surface area contributed by atoms with Crippen LogP contribution in [0.25, 0.3) is 10.9 Å². The Balaban J connectivity index is 2.26. The van der Waals surface area contributed by atoms with Crippen molar-refractivity contribution in [3.8, 4) is 0 Å². The predicted molar refractivity (Wildman–Crippen MR) is 74.6 cm³/mol. The van der Waals surface area contributed by atoms with Crippen LogP contribution < -0.4 is 11.1 Å². The highest BCUT2D eigenvalue weighted by Crippen LogP contribution is 2.26. The summed E-state index contributed by atoms with van der Waals surface area (Å²) in [5.74, 6) is 0.460. The summed E-state index contributed by atoms with van der Waals surface area (Å²) >= 11 is 0. The molecule has 4 N–H and O–H groups in total. The van der Waals surface area contributed by atoms with Gasteiger partial charge < -0.3 is 15.8 Å². The van der Waals surface area contributed by atoms with Gasteiger partial charge in [0.1, 0.15) is 0 Å². The molecule has 0 bridgehead atoms. The average molecular weight is 248 g/mol. The molecule has 0 aliphatic heterocycles. The van der Waals surface area contributed by atoms with Crippen molar-refractivity contribution in [3.05, 3.63) is 18.3 Å². The average Bonchev–Trinajstić information content (AvgIpc) is 2.75. The molecular weight excluding hydrogens is 228 g/mol. The molecule has 0 radical (unpaired) electrons. The molecule has 0 amide bonds. The van der Waals surface area contributed by atoms with E-state index in [0.29, 0.717) is 12.5 Å². The van der Waals surface area contributed by atoms with E-state index in [9.17, 15) is 0 Å². The molecule has 0 spiro atoms. The molecule has 1 unspecified atom stereocenters. The SMILES string of the molecule is COCC(Nc1cc2[nH]ncc2cc1N)C(C)C. The van der Waals surface area contributed by atoms with Gasteiger partial charge in [0.15, 0.2) is 0 Å². The molecule has 1 atom stereocenters. The third-order valence-electron chi connectivity index (χ3n) is 3.10. The van der Waals surface area contributed by atoms with Crippen molar-refractivity contribution in [2.75, 3.05) is 24.8 Å². The lowest BCUT2D eigenvalue weighted by Crippen LogP contribution is -2.30. The Morgan fingerprint density at radius 3 is 2.89 bits per heavy atom. The smallest absolute Gasteiger partial charge is 0.0672 e. The van der Waals surface area contributed by atoms with Crippen molar-refractivity contribution in [3.63, 3.8) is 0 Å². The van der Waals surface area contributed by atoms with Gasteiger partial charge in [-0.05, 0) is 18.1 Å². The van der Waals surface area contributed by atoms with Gasteiger partial charge in [-0.3, -0.25) is 5.10 Å². The zero-order chi connectivity index (χ0) is 13.1. The summed E-state index contributed by atoms with van der Waals surface area (Å²) in [6.07, 6.45) is 1.77. The van der Waals surface area contributed by atoms with Crippen LogP contribution in [0.3, 0.4) is 0 Å². The summed E-state index contributed by atoms with van der Waals surface area (Å²) in [6.45, 7) is 4.96. The number of anilines is 2. The number of rotatable bonds is 5. The third kappa shape index (κ3) is 2.56. The minimum Gasteiger partial charge on any atom is -0.397 e. The number of aromatic amines is 1. The van der Waals surface area contributed by atoms with Gasteiger partial charge in [0.2, 0.25) is 0 Å². The first-order valence-electron chi connectivity index (χ1n) is 6.10. The predicted octanol–water partition coefficient (Wildman–Crippen LogP) is 2.23. The van der Waals surface area contributed by atoms with E-state index >= 15 is 0 Å². The van der Waals surface area contributed by atoms with E-state index in [0.717, 1.165) is 22.3 Å². The molecular formula is C13H20N4O. The standard InChI is InChI=1S/C13H20N4O/c1-8(2)13(7-18-3)16-12-5-11-9(4-10(12)14)6-15-17-11/h4-6,8,13,16H,7,14H2,1-3H3,(H,15,17). The summed E-state index contributed by atoms with van der Waals surface area (Å²) in [6, 6.07) is 4.14. The quantitative estimate of drug-likeness (QED) is 0.709. The number of methoxy groups -OCH3 is 1. The molecule has 2 aromatic rings. The molecule has 1 heterocycles. The highest BCUT2D eigenvalue weighted by molar-refractivity contribution is 5.88. The lowest BCUT2D eigenvalue weighted by atomic mass is 10.0. The second-order valence-corrected chi connectivity index (χ2v) is 4.85. The molecule has 0 aliphatic carbocycles. The van der Waals surface area contributed by atoms with E-state index in [1.165, 1.54) is 0 Å². The van der Waals surface area contributed by atoms with Crippen LogP contribution in [0.2, 0.25) is 0 Å². The van der Waals surface area contributed by atoms with Crippen molar-refractivity contribution in [2.24, 2.45) is 5.92 Å². The van der Waals surface area contributed by atoms with Gasteiger partial charge in [-0.25, -0.2) is 0 Å². The van der Waals surface area contributed by atoms with Crippen LogP contribution in [-0.4, -0.2) is 30.0 Å². The second-order valence-electron chi connectivity index (χ2n) is 4.85. The number of hydrogen-bond donors (Lipinski definition) is 3. The van der Waals surface area contributed by atoms with E-state index in [4.69, 9.17) is 10.5 Å². The molecule has 2 rings (SSSR count). The van der Waals surface area contributed by atoms with E-state index in [2.05, 4.69) is 29.4 Å². The maximum absolute atomic E-state index is 6.05. The highest BCUT2D eigenvalue weighted by atomic mass is 16.5. The van der Waals surface area contributed by atoms with Crippen molar-refractivity contribution >= 4 is 22.3 Å². The summed E-state index contributed by atoms with van der Waals surface area (Å²) in [7, 11) is 1.71. The molecule has 1 aromatic carbocycles. The molecule has 0 fully saturated rings. The lowest BCUT2D eigenvalue weighted by molar-refractivity contribution is 0.171. The molecule has 98 valence electrons. The molecule has 5 heteroatoms. The molecule has 1 aromatic heterocycles. The van der Waals surface area contributed by atoms with E-state index in [1.54, 1.807) is 13.3 Å². The maximum Gasteiger partial charge on any atom is 0.0672 e. The van der Waals surface area contributed by atoms with Crippen LogP contribution >= 0.6 is 0 Å². The van der Waals surface area contributed by atoms with E-state index in [1.807, 2.05) is 12.1 Å². The van der Waals surface area contributed by atoms with Gasteiger partial charge in [0.05, 0.1) is 35.7 Å². The normalized spacial score (nSPS) is 13.1. The van der Waals surface area contributed by atoms with Gasteiger partial charge in [-0.1, -0.05) is 13.8 Å². The Morgan fingerprint density at radius 2 is 2.22 bits per heavy atom. The van der Waals surface area contributed by atoms with Crippen molar-refractivity contribution in [1.82, 2.24) is 10.2 Å². The Hall–Kier alpha value is -1.75. The topological polar surface area (TPSA) is 76.0 Å². The number of benzene rings is 1. The van der Waals surface area contributed by atoms with Crippen molar-refractivity contribution < 1.29 is 4.74 Å². The fraction of sp³-hybridized carbons (Fsp3) is 0.462. The van der Waals surface area contributed by atoms with Gasteiger partial charge in [0.25, 0.3) is 0 Å². The van der Waals surface area contributed by atoms with Crippen LogP contribution in [0.4, 0.5) is 11.4 Å². The fourth-order valence-electron chi connectivity index (χ4n) is 1.91. The number of fused-ring (bicyclic) bond motifs is 1. The van der Waals surface area contributed by atoms with Gasteiger partial charge in [-0.2, -0.15) is 5.10 Å². The van der Waals surface area contributed by atoms with Crippen LogP contribution in [-0.2, 0) is 4.74 Å². The van der Waals surface area contributed by atoms with Crippen molar-refractivity contribution in [1.29, 1.82) is 0 Å². The summed E-state index contributed by atoms with van der Waals surface area (Å²) in [5.41, 5.74) is 8.67. The number of aromatic nitrogens is 2. The number of ether oxygens (including phenoxy) is 1. The Labute approximate surface area is 107 Å². The van der Waals surface area contributed by atoms with Crippen LogP contribution in [0.5, 0.6) is 0 Å². The van der Waals surface area contributed by atoms with Crippen LogP contribution in [0, 0.1) is 5.92 Å². The first-order chi connectivity index (χ1) is 8.61. The zero-order valence-corrected chi connectivity index (χ0v) is 11.0. The minimum absolute atomic E-state index is 0.234. The van der Waals surface area contributed by atoms with Gasteiger partial charge >= 0.3 is 0 Å². The number of nitrogens with zero attached hydrogens (tertiary/aromatic N) is 1. The minimum atomic E-state index is 0.234. The van der Waals surface area contributed by atoms with Crippen molar-refractivity contribution in [2.45, 2.75) is 19.9 Å². The maximum atomic E-state index is 6.05. The number of H-pyrrole nitrogens is 1. The number of nitrogens with one attached hydrogen (secondary N) is 2. The molecule has 0 saturated heterocycles. The third-order valence-corrected chi connectivity index (χ3v) is 3.10. The summed E-state index contributed by atoms with van der Waals surface area (Å²) < 4.78 is 5.23. The first kappa shape index (κ1) is 12.7. The first-order valence-corrected chi connectivity index (χ1v) is 6.10. The van der Waals surface area contributed by atoms with Gasteiger partial charge in [-0.15, -0.1) is 0 Å². The fourth-order valence-corrected chi connectivity index (χ4v) is 1.91. The molecule has 0 saturated carbocycles. The Bertz CT molecular complexity index is 521. The largest absolute Gasteiger partial charge is 0.397 e. The lowest BCUT2D eigenvalue weighted by Gasteiger charge is -2.23. The number of nitrogen functional groups attached to an aromatic ring is 1. The zero-order valence-electron chi connectivity index (χ0n) is 11.0. The van der Waals surface area contributed by atoms with Gasteiger partial charge in [0, 0.05) is 12.5 Å². The second kappa shape index (κ2) is 5.27.